The molecule has 1 aliphatic rings. The van der Waals surface area contributed by atoms with Crippen LogP contribution < -0.4 is 5.73 Å². The van der Waals surface area contributed by atoms with Crippen LogP contribution in [0.15, 0.2) is 12.1 Å². The lowest BCUT2D eigenvalue weighted by atomic mass is 10.1. The van der Waals surface area contributed by atoms with E-state index in [2.05, 4.69) is 0 Å². The zero-order chi connectivity index (χ0) is 13.3. The molecule has 0 spiro atoms. The van der Waals surface area contributed by atoms with E-state index in [-0.39, 0.29) is 12.2 Å². The summed E-state index contributed by atoms with van der Waals surface area (Å²) in [5.74, 6) is -2.75. The summed E-state index contributed by atoms with van der Waals surface area (Å²) < 4.78 is 27.2. The fourth-order valence-corrected chi connectivity index (χ4v) is 2.06. The highest BCUT2D eigenvalue weighted by molar-refractivity contribution is 5.95. The third kappa shape index (κ3) is 2.28. The van der Waals surface area contributed by atoms with Crippen LogP contribution in [0.2, 0.25) is 0 Å². The van der Waals surface area contributed by atoms with Crippen molar-refractivity contribution in [2.45, 2.75) is 18.9 Å². The minimum Gasteiger partial charge on any atom is -0.396 e. The van der Waals surface area contributed by atoms with Crippen LogP contribution >= 0.6 is 0 Å². The molecule has 1 aromatic rings. The largest absolute Gasteiger partial charge is 0.396 e. The Labute approximate surface area is 103 Å². The first-order chi connectivity index (χ1) is 8.50. The van der Waals surface area contributed by atoms with Crippen molar-refractivity contribution >= 4 is 11.6 Å². The van der Waals surface area contributed by atoms with Gasteiger partial charge in [0.15, 0.2) is 5.82 Å². The fraction of sp³-hybridized carbons (Fsp3) is 0.417. The van der Waals surface area contributed by atoms with Crippen molar-refractivity contribution in [1.82, 2.24) is 4.90 Å². The number of nitrogens with zero attached hydrogens (tertiary/aromatic N) is 1. The molecule has 0 saturated carbocycles. The van der Waals surface area contributed by atoms with Crippen molar-refractivity contribution < 1.29 is 18.7 Å². The van der Waals surface area contributed by atoms with Gasteiger partial charge in [0.2, 0.25) is 0 Å². The quantitative estimate of drug-likeness (QED) is 0.740. The molecule has 0 bridgehead atoms. The molecule has 1 saturated heterocycles. The third-order valence-electron chi connectivity index (χ3n) is 3.02. The van der Waals surface area contributed by atoms with Crippen molar-refractivity contribution in [1.29, 1.82) is 0 Å². The van der Waals surface area contributed by atoms with Gasteiger partial charge in [0.05, 0.1) is 11.8 Å². The van der Waals surface area contributed by atoms with Gasteiger partial charge >= 0.3 is 0 Å². The molecule has 3 N–H and O–H groups in total. The number of nitrogen functional groups attached to an aromatic ring is 1. The molecule has 1 fully saturated rings. The minimum atomic E-state index is -1.04. The Morgan fingerprint density at radius 2 is 2.17 bits per heavy atom. The molecule has 1 aliphatic heterocycles. The van der Waals surface area contributed by atoms with E-state index >= 15 is 0 Å². The Balaban J connectivity index is 2.31. The molecule has 98 valence electrons. The number of hydrogen-bond donors (Lipinski definition) is 2. The Morgan fingerprint density at radius 3 is 2.83 bits per heavy atom. The number of carbonyl (C=O) groups is 1. The molecule has 0 aromatic heterocycles. The topological polar surface area (TPSA) is 66.6 Å². The minimum absolute atomic E-state index is 0.0898. The van der Waals surface area contributed by atoms with Crippen LogP contribution in [0.4, 0.5) is 14.5 Å². The summed E-state index contributed by atoms with van der Waals surface area (Å²) in [7, 11) is 0. The van der Waals surface area contributed by atoms with Crippen LogP contribution in [-0.4, -0.2) is 35.1 Å². The van der Waals surface area contributed by atoms with Gasteiger partial charge in [-0.15, -0.1) is 0 Å². The predicted octanol–water partition coefficient (Wildman–Crippen LogP) is 1.14. The highest BCUT2D eigenvalue weighted by atomic mass is 19.1. The highest BCUT2D eigenvalue weighted by Gasteiger charge is 2.28. The molecule has 1 heterocycles. The van der Waals surface area contributed by atoms with Gasteiger partial charge in [-0.1, -0.05) is 0 Å². The van der Waals surface area contributed by atoms with Gasteiger partial charge in [0, 0.05) is 13.1 Å². The van der Waals surface area contributed by atoms with E-state index in [0.717, 1.165) is 12.1 Å². The number of carbonyl (C=O) groups excluding carboxylic acids is 1. The van der Waals surface area contributed by atoms with Gasteiger partial charge in [-0.2, -0.15) is 0 Å². The molecule has 18 heavy (non-hydrogen) atoms. The van der Waals surface area contributed by atoms with E-state index in [1.165, 1.54) is 4.90 Å². The van der Waals surface area contributed by atoms with E-state index in [9.17, 15) is 18.7 Å². The lowest BCUT2D eigenvalue weighted by Crippen LogP contribution is -2.42. The van der Waals surface area contributed by atoms with Gasteiger partial charge in [-0.05, 0) is 25.0 Å². The summed E-state index contributed by atoms with van der Waals surface area (Å²) in [6.45, 7) is 0.468. The number of nitrogens with two attached hydrogens (primary N) is 1. The zero-order valence-corrected chi connectivity index (χ0v) is 9.70. The van der Waals surface area contributed by atoms with E-state index in [1.54, 1.807) is 0 Å². The first kappa shape index (κ1) is 12.8. The van der Waals surface area contributed by atoms with Crippen LogP contribution in [0.25, 0.3) is 0 Å². The summed E-state index contributed by atoms with van der Waals surface area (Å²) in [4.78, 5) is 13.3. The number of likely N-dealkylation sites (tertiary alicyclic amines) is 1. The number of aliphatic hydroxyl groups is 1. The fourth-order valence-electron chi connectivity index (χ4n) is 2.06. The molecular weight excluding hydrogens is 242 g/mol. The Morgan fingerprint density at radius 1 is 1.44 bits per heavy atom. The number of piperidine rings is 1. The molecule has 4 nitrogen and oxygen atoms in total. The molecule has 1 aromatic carbocycles. The molecule has 1 atom stereocenters. The average Bonchev–Trinajstić information content (AvgIpc) is 2.34. The van der Waals surface area contributed by atoms with Crippen molar-refractivity contribution in [3.8, 4) is 0 Å². The SMILES string of the molecule is Nc1ccc(F)c(C(=O)N2CCCC(O)C2)c1F. The second-order valence-corrected chi connectivity index (χ2v) is 4.37. The maximum Gasteiger partial charge on any atom is 0.260 e. The van der Waals surface area contributed by atoms with E-state index in [4.69, 9.17) is 5.73 Å². The second kappa shape index (κ2) is 4.89. The predicted molar refractivity (Wildman–Crippen MR) is 61.9 cm³/mol. The maximum atomic E-state index is 13.7. The number of halogens is 2. The molecule has 1 unspecified atom stereocenters. The van der Waals surface area contributed by atoms with Gasteiger partial charge in [-0.3, -0.25) is 4.79 Å². The van der Waals surface area contributed by atoms with Gasteiger partial charge in [-0.25, -0.2) is 8.78 Å². The Hall–Kier alpha value is -1.69. The molecule has 1 amide bonds. The monoisotopic (exact) mass is 256 g/mol. The van der Waals surface area contributed by atoms with Crippen molar-refractivity contribution in [2.24, 2.45) is 0 Å². The van der Waals surface area contributed by atoms with E-state index in [1.807, 2.05) is 0 Å². The first-order valence-corrected chi connectivity index (χ1v) is 5.71. The molecule has 6 heteroatoms. The second-order valence-electron chi connectivity index (χ2n) is 4.37. The van der Waals surface area contributed by atoms with Crippen LogP contribution in [0.1, 0.15) is 23.2 Å². The van der Waals surface area contributed by atoms with Crippen LogP contribution in [0.5, 0.6) is 0 Å². The first-order valence-electron chi connectivity index (χ1n) is 5.71. The van der Waals surface area contributed by atoms with Crippen LogP contribution in [0.3, 0.4) is 0 Å². The Kier molecular flexibility index (Phi) is 3.47. The number of rotatable bonds is 1. The van der Waals surface area contributed by atoms with Gasteiger partial charge in [0.25, 0.3) is 5.91 Å². The number of anilines is 1. The average molecular weight is 256 g/mol. The van der Waals surface area contributed by atoms with Gasteiger partial charge < -0.3 is 15.7 Å². The van der Waals surface area contributed by atoms with E-state index < -0.39 is 29.2 Å². The Bertz CT molecular complexity index is 479. The number of amides is 1. The third-order valence-corrected chi connectivity index (χ3v) is 3.02. The molecular formula is C12H14F2N2O2. The van der Waals surface area contributed by atoms with Gasteiger partial charge in [0.1, 0.15) is 11.4 Å². The number of aliphatic hydroxyl groups excluding tert-OH is 1. The molecule has 0 aliphatic carbocycles. The van der Waals surface area contributed by atoms with Crippen molar-refractivity contribution in [3.63, 3.8) is 0 Å². The summed E-state index contributed by atoms with van der Waals surface area (Å²) >= 11 is 0. The number of β-amino-alcohol motifs (C(OH)–C–C–N with tert-alkyl or cyclic N) is 1. The van der Waals surface area contributed by atoms with Crippen molar-refractivity contribution in [3.05, 3.63) is 29.3 Å². The summed E-state index contributed by atoms with van der Waals surface area (Å²) in [6, 6.07) is 2.04. The van der Waals surface area contributed by atoms with Crippen LogP contribution in [-0.2, 0) is 0 Å². The summed E-state index contributed by atoms with van der Waals surface area (Å²) in [5, 5.41) is 9.46. The van der Waals surface area contributed by atoms with E-state index in [0.29, 0.717) is 19.4 Å². The molecule has 0 radical (unpaired) electrons. The summed E-state index contributed by atoms with van der Waals surface area (Å²) in [5.41, 5.74) is 4.41. The highest BCUT2D eigenvalue weighted by Crippen LogP contribution is 2.22. The number of benzene rings is 1. The molecule has 2 rings (SSSR count). The lowest BCUT2D eigenvalue weighted by molar-refractivity contribution is 0.0466. The standard InChI is InChI=1S/C12H14F2N2O2/c13-8-3-4-9(15)11(14)10(8)12(18)16-5-1-2-7(17)6-16/h3-4,7,17H,1-2,5-6,15H2. The maximum absolute atomic E-state index is 13.7. The zero-order valence-electron chi connectivity index (χ0n) is 9.70. The normalized spacial score (nSPS) is 19.9. The smallest absolute Gasteiger partial charge is 0.260 e. The lowest BCUT2D eigenvalue weighted by Gasteiger charge is -2.30. The van der Waals surface area contributed by atoms with Crippen LogP contribution in [0, 0.1) is 11.6 Å². The summed E-state index contributed by atoms with van der Waals surface area (Å²) in [6.07, 6.45) is 0.555. The number of hydrogen-bond acceptors (Lipinski definition) is 3. The van der Waals surface area contributed by atoms with Crippen molar-refractivity contribution in [2.75, 3.05) is 18.8 Å².